The van der Waals surface area contributed by atoms with Gasteiger partial charge in [0.15, 0.2) is 0 Å². The van der Waals surface area contributed by atoms with Crippen molar-refractivity contribution >= 4 is 43.9 Å². The third kappa shape index (κ3) is 2.96. The highest BCUT2D eigenvalue weighted by molar-refractivity contribution is 9.10. The van der Waals surface area contributed by atoms with Crippen LogP contribution in [0.1, 0.15) is 12.2 Å². The summed E-state index contributed by atoms with van der Waals surface area (Å²) in [5.41, 5.74) is 1.15. The molecule has 0 saturated carbocycles. The monoisotopic (exact) mass is 404 g/mol. The molecule has 0 spiro atoms. The Hall–Kier alpha value is -2.19. The van der Waals surface area contributed by atoms with Crippen molar-refractivity contribution in [2.24, 2.45) is 5.92 Å². The predicted octanol–water partition coefficient (Wildman–Crippen LogP) is 2.00. The molecule has 1 aliphatic heterocycles. The molecule has 0 radical (unpaired) electrons. The second-order valence-corrected chi connectivity index (χ2v) is 7.18. The zero-order valence-corrected chi connectivity index (χ0v) is 15.2. The van der Waals surface area contributed by atoms with Crippen molar-refractivity contribution in [3.63, 3.8) is 0 Å². The van der Waals surface area contributed by atoms with Gasteiger partial charge in [-0.3, -0.25) is 14.5 Å². The number of fused-ring (bicyclic) bond motifs is 3. The number of amides is 1. The highest BCUT2D eigenvalue weighted by atomic mass is 79.9. The van der Waals surface area contributed by atoms with Gasteiger partial charge in [0.1, 0.15) is 16.9 Å². The number of H-pyrrole nitrogens is 1. The van der Waals surface area contributed by atoms with E-state index in [-0.39, 0.29) is 23.0 Å². The quantitative estimate of drug-likeness (QED) is 0.696. The number of hydrogen-bond donors (Lipinski definition) is 2. The first-order valence-corrected chi connectivity index (χ1v) is 8.89. The van der Waals surface area contributed by atoms with E-state index in [9.17, 15) is 9.59 Å². The average molecular weight is 405 g/mol. The van der Waals surface area contributed by atoms with Gasteiger partial charge >= 0.3 is 0 Å². The van der Waals surface area contributed by atoms with Crippen molar-refractivity contribution in [3.05, 3.63) is 38.9 Å². The normalized spacial score (nSPS) is 18.2. The number of nitrogens with zero attached hydrogens (tertiary/aromatic N) is 2. The predicted molar refractivity (Wildman–Crippen MR) is 97.3 cm³/mol. The third-order valence-corrected chi connectivity index (χ3v) is 5.09. The molecule has 1 amide bonds. The van der Waals surface area contributed by atoms with Gasteiger partial charge in [0.2, 0.25) is 11.5 Å². The summed E-state index contributed by atoms with van der Waals surface area (Å²) in [6.45, 7) is 1.97. The SMILES string of the molecule is CNC(=O)C1CCN(Cc2nc3c(oc4ccc(Br)cc43)c(=O)[nH]2)C1. The van der Waals surface area contributed by atoms with Crippen LogP contribution in [0.4, 0.5) is 0 Å². The van der Waals surface area contributed by atoms with E-state index in [1.165, 1.54) is 0 Å². The Kier molecular flexibility index (Phi) is 4.09. The smallest absolute Gasteiger partial charge is 0.294 e. The van der Waals surface area contributed by atoms with Crippen LogP contribution < -0.4 is 10.9 Å². The van der Waals surface area contributed by atoms with Gasteiger partial charge in [-0.1, -0.05) is 15.9 Å². The summed E-state index contributed by atoms with van der Waals surface area (Å²) in [7, 11) is 1.65. The first-order chi connectivity index (χ1) is 12.0. The van der Waals surface area contributed by atoms with Crippen LogP contribution in [0.5, 0.6) is 0 Å². The number of halogens is 1. The zero-order valence-electron chi connectivity index (χ0n) is 13.6. The van der Waals surface area contributed by atoms with E-state index in [1.54, 1.807) is 7.05 Å². The molecule has 2 N–H and O–H groups in total. The van der Waals surface area contributed by atoms with E-state index >= 15 is 0 Å². The summed E-state index contributed by atoms with van der Waals surface area (Å²) in [5, 5.41) is 3.50. The molecule has 0 bridgehead atoms. The summed E-state index contributed by atoms with van der Waals surface area (Å²) < 4.78 is 6.53. The minimum atomic E-state index is -0.283. The van der Waals surface area contributed by atoms with Crippen molar-refractivity contribution in [2.75, 3.05) is 20.1 Å². The van der Waals surface area contributed by atoms with Gasteiger partial charge in [0.05, 0.1) is 12.5 Å². The van der Waals surface area contributed by atoms with Crippen molar-refractivity contribution in [3.8, 4) is 0 Å². The fourth-order valence-electron chi connectivity index (χ4n) is 3.35. The molecule has 2 aromatic heterocycles. The molecule has 4 rings (SSSR count). The maximum atomic E-state index is 12.4. The molecule has 25 heavy (non-hydrogen) atoms. The number of carbonyl (C=O) groups is 1. The van der Waals surface area contributed by atoms with Gasteiger partial charge in [0, 0.05) is 23.5 Å². The Labute approximate surface area is 151 Å². The van der Waals surface area contributed by atoms with Crippen LogP contribution >= 0.6 is 15.9 Å². The fourth-order valence-corrected chi connectivity index (χ4v) is 3.71. The molecule has 8 heteroatoms. The van der Waals surface area contributed by atoms with Crippen LogP contribution in [0, 0.1) is 5.92 Å². The summed E-state index contributed by atoms with van der Waals surface area (Å²) in [6.07, 6.45) is 0.813. The van der Waals surface area contributed by atoms with E-state index in [1.807, 2.05) is 18.2 Å². The first-order valence-electron chi connectivity index (χ1n) is 8.10. The van der Waals surface area contributed by atoms with Crippen LogP contribution in [0.2, 0.25) is 0 Å². The fraction of sp³-hybridized carbons (Fsp3) is 0.353. The molecular weight excluding hydrogens is 388 g/mol. The van der Waals surface area contributed by atoms with Crippen LogP contribution in [-0.4, -0.2) is 40.9 Å². The molecule has 1 saturated heterocycles. The minimum Gasteiger partial charge on any atom is -0.449 e. The highest BCUT2D eigenvalue weighted by Crippen LogP contribution is 2.28. The third-order valence-electron chi connectivity index (χ3n) is 4.60. The van der Waals surface area contributed by atoms with Crippen molar-refractivity contribution < 1.29 is 9.21 Å². The maximum Gasteiger partial charge on any atom is 0.294 e. The van der Waals surface area contributed by atoms with E-state index < -0.39 is 0 Å². The molecule has 1 aromatic carbocycles. The van der Waals surface area contributed by atoms with Crippen molar-refractivity contribution in [1.29, 1.82) is 0 Å². The Morgan fingerprint density at radius 1 is 1.52 bits per heavy atom. The zero-order chi connectivity index (χ0) is 17.6. The van der Waals surface area contributed by atoms with Crippen LogP contribution in [0.25, 0.3) is 22.1 Å². The summed E-state index contributed by atoms with van der Waals surface area (Å²) in [5.74, 6) is 0.633. The molecule has 1 fully saturated rings. The lowest BCUT2D eigenvalue weighted by atomic mass is 10.1. The van der Waals surface area contributed by atoms with Gasteiger partial charge < -0.3 is 14.7 Å². The molecule has 130 valence electrons. The number of benzene rings is 1. The molecule has 0 aliphatic carbocycles. The molecule has 1 aliphatic rings. The molecule has 3 heterocycles. The summed E-state index contributed by atoms with van der Waals surface area (Å²) in [4.78, 5) is 33.6. The number of hydrogen-bond acceptors (Lipinski definition) is 5. The Morgan fingerprint density at radius 2 is 2.36 bits per heavy atom. The standard InChI is InChI=1S/C17H17BrN4O3/c1-19-16(23)9-4-5-22(7-9)8-13-20-14-11-6-10(18)2-3-12(11)25-15(14)17(24)21-13/h2-3,6,9H,4-5,7-8H2,1H3,(H,19,23)(H,20,21,24). The Balaban J connectivity index is 1.67. The molecular formula is C17H17BrN4O3. The molecule has 3 aromatic rings. The summed E-state index contributed by atoms with van der Waals surface area (Å²) in [6, 6.07) is 5.58. The van der Waals surface area contributed by atoms with E-state index in [4.69, 9.17) is 4.42 Å². The topological polar surface area (TPSA) is 91.2 Å². The van der Waals surface area contributed by atoms with E-state index in [2.05, 4.69) is 36.1 Å². The van der Waals surface area contributed by atoms with Crippen LogP contribution in [-0.2, 0) is 11.3 Å². The maximum absolute atomic E-state index is 12.4. The number of carbonyl (C=O) groups excluding carboxylic acids is 1. The lowest BCUT2D eigenvalue weighted by molar-refractivity contribution is -0.124. The average Bonchev–Trinajstić information content (AvgIpc) is 3.19. The van der Waals surface area contributed by atoms with Crippen LogP contribution in [0.15, 0.2) is 31.9 Å². The highest BCUT2D eigenvalue weighted by Gasteiger charge is 2.28. The molecule has 7 nitrogen and oxygen atoms in total. The molecule has 1 atom stereocenters. The van der Waals surface area contributed by atoms with Gasteiger partial charge in [0.25, 0.3) is 5.56 Å². The van der Waals surface area contributed by atoms with Crippen molar-refractivity contribution in [2.45, 2.75) is 13.0 Å². The lowest BCUT2D eigenvalue weighted by Crippen LogP contribution is -2.30. The first kappa shape index (κ1) is 16.3. The number of furan rings is 1. The van der Waals surface area contributed by atoms with E-state index in [0.29, 0.717) is 30.0 Å². The number of aromatic amines is 1. The molecule has 1 unspecified atom stereocenters. The number of nitrogens with one attached hydrogen (secondary N) is 2. The van der Waals surface area contributed by atoms with Gasteiger partial charge in [-0.2, -0.15) is 0 Å². The number of rotatable bonds is 3. The van der Waals surface area contributed by atoms with Gasteiger partial charge in [-0.25, -0.2) is 4.98 Å². The largest absolute Gasteiger partial charge is 0.449 e. The van der Waals surface area contributed by atoms with Crippen LogP contribution in [0.3, 0.4) is 0 Å². The summed E-state index contributed by atoms with van der Waals surface area (Å²) >= 11 is 3.44. The Bertz CT molecular complexity index is 1030. The van der Waals surface area contributed by atoms with Gasteiger partial charge in [-0.15, -0.1) is 0 Å². The second kappa shape index (κ2) is 6.27. The Morgan fingerprint density at radius 3 is 3.16 bits per heavy atom. The second-order valence-electron chi connectivity index (χ2n) is 6.27. The number of likely N-dealkylation sites (tertiary alicyclic amines) is 1. The van der Waals surface area contributed by atoms with Gasteiger partial charge in [-0.05, 0) is 31.2 Å². The van der Waals surface area contributed by atoms with Crippen molar-refractivity contribution in [1.82, 2.24) is 20.2 Å². The number of aromatic nitrogens is 2. The van der Waals surface area contributed by atoms with E-state index in [0.717, 1.165) is 22.8 Å². The minimum absolute atomic E-state index is 0.00818. The lowest BCUT2D eigenvalue weighted by Gasteiger charge is -2.14.